The van der Waals surface area contributed by atoms with Gasteiger partial charge >= 0.3 is 0 Å². The molecule has 21 heavy (non-hydrogen) atoms. The molecule has 0 unspecified atom stereocenters. The summed E-state index contributed by atoms with van der Waals surface area (Å²) in [5.74, 6) is 0.177. The summed E-state index contributed by atoms with van der Waals surface area (Å²) < 4.78 is 0. The van der Waals surface area contributed by atoms with Gasteiger partial charge in [-0.2, -0.15) is 0 Å². The van der Waals surface area contributed by atoms with E-state index in [2.05, 4.69) is 4.98 Å². The highest BCUT2D eigenvalue weighted by Gasteiger charge is 2.52. The number of rotatable bonds is 4. The van der Waals surface area contributed by atoms with E-state index in [9.17, 15) is 4.79 Å². The number of likely N-dealkylation sites (N-methyl/N-ethyl adjacent to an activating group) is 1. The van der Waals surface area contributed by atoms with Crippen LogP contribution in [0.15, 0.2) is 30.5 Å². The van der Waals surface area contributed by atoms with Crippen molar-refractivity contribution in [3.8, 4) is 0 Å². The molecule has 0 aliphatic heterocycles. The SMILES string of the molecule is Cc1ncc(CN(C)C(=O)C2(c3cccc(Cl)c3)CC2)s1. The van der Waals surface area contributed by atoms with Gasteiger partial charge in [0.2, 0.25) is 5.91 Å². The molecule has 1 aliphatic carbocycles. The fourth-order valence-corrected chi connectivity index (χ4v) is 3.73. The van der Waals surface area contributed by atoms with Crippen LogP contribution in [0.2, 0.25) is 5.02 Å². The number of amides is 1. The largest absolute Gasteiger partial charge is 0.340 e. The molecule has 1 fully saturated rings. The van der Waals surface area contributed by atoms with Crippen molar-refractivity contribution in [1.29, 1.82) is 0 Å². The Morgan fingerprint density at radius 2 is 2.24 bits per heavy atom. The normalized spacial score (nSPS) is 15.8. The Labute approximate surface area is 133 Å². The van der Waals surface area contributed by atoms with Crippen LogP contribution in [0.25, 0.3) is 0 Å². The van der Waals surface area contributed by atoms with Crippen molar-refractivity contribution in [3.63, 3.8) is 0 Å². The molecular weight excluding hydrogens is 304 g/mol. The van der Waals surface area contributed by atoms with Crippen LogP contribution in [0, 0.1) is 6.92 Å². The second-order valence-corrected chi connectivity index (χ2v) is 7.36. The lowest BCUT2D eigenvalue weighted by molar-refractivity contribution is -0.133. The lowest BCUT2D eigenvalue weighted by Gasteiger charge is -2.23. The van der Waals surface area contributed by atoms with E-state index in [4.69, 9.17) is 11.6 Å². The molecule has 0 spiro atoms. The lowest BCUT2D eigenvalue weighted by Crippen LogP contribution is -2.35. The van der Waals surface area contributed by atoms with Crippen molar-refractivity contribution in [3.05, 3.63) is 50.9 Å². The lowest BCUT2D eigenvalue weighted by atomic mass is 9.94. The molecule has 0 bridgehead atoms. The summed E-state index contributed by atoms with van der Waals surface area (Å²) in [7, 11) is 1.86. The monoisotopic (exact) mass is 320 g/mol. The van der Waals surface area contributed by atoms with Gasteiger partial charge in [-0.15, -0.1) is 11.3 Å². The fraction of sp³-hybridized carbons (Fsp3) is 0.375. The molecule has 1 saturated carbocycles. The van der Waals surface area contributed by atoms with Gasteiger partial charge in [0.1, 0.15) is 0 Å². The highest BCUT2D eigenvalue weighted by atomic mass is 35.5. The Morgan fingerprint density at radius 3 is 2.81 bits per heavy atom. The van der Waals surface area contributed by atoms with Crippen molar-refractivity contribution >= 4 is 28.8 Å². The number of carbonyl (C=O) groups excluding carboxylic acids is 1. The zero-order valence-electron chi connectivity index (χ0n) is 12.1. The Kier molecular flexibility index (Phi) is 3.76. The summed E-state index contributed by atoms with van der Waals surface area (Å²) in [4.78, 5) is 20.0. The Balaban J connectivity index is 1.78. The molecule has 1 aromatic carbocycles. The fourth-order valence-electron chi connectivity index (χ4n) is 2.69. The number of benzene rings is 1. The van der Waals surface area contributed by atoms with Crippen LogP contribution < -0.4 is 0 Å². The van der Waals surface area contributed by atoms with Crippen molar-refractivity contribution < 1.29 is 4.79 Å². The van der Waals surface area contributed by atoms with Crippen LogP contribution in [0.4, 0.5) is 0 Å². The summed E-state index contributed by atoms with van der Waals surface area (Å²) >= 11 is 7.70. The van der Waals surface area contributed by atoms with Gasteiger partial charge in [0.25, 0.3) is 0 Å². The predicted octanol–water partition coefficient (Wildman–Crippen LogP) is 3.80. The standard InChI is InChI=1S/C16H17ClN2OS/c1-11-18-9-14(21-11)10-19(2)15(20)16(6-7-16)12-4-3-5-13(17)8-12/h3-5,8-9H,6-7,10H2,1-2H3. The molecule has 1 aliphatic rings. The Morgan fingerprint density at radius 1 is 1.48 bits per heavy atom. The van der Waals surface area contributed by atoms with E-state index in [1.165, 1.54) is 0 Å². The number of carbonyl (C=O) groups is 1. The summed E-state index contributed by atoms with van der Waals surface area (Å²) in [6.45, 7) is 2.59. The number of thiazole rings is 1. The van der Waals surface area contributed by atoms with Gasteiger partial charge in [-0.25, -0.2) is 4.98 Å². The molecule has 2 aromatic rings. The van der Waals surface area contributed by atoms with Gasteiger partial charge in [-0.1, -0.05) is 23.7 Å². The minimum atomic E-state index is -0.362. The molecule has 1 heterocycles. The van der Waals surface area contributed by atoms with Gasteiger partial charge in [-0.3, -0.25) is 4.79 Å². The first-order valence-electron chi connectivity index (χ1n) is 6.94. The second-order valence-electron chi connectivity index (χ2n) is 5.60. The molecule has 0 saturated heterocycles. The molecule has 0 N–H and O–H groups in total. The van der Waals surface area contributed by atoms with Crippen LogP contribution in [0.1, 0.15) is 28.3 Å². The van der Waals surface area contributed by atoms with Crippen molar-refractivity contribution in [2.75, 3.05) is 7.05 Å². The molecule has 110 valence electrons. The Bertz CT molecular complexity index is 678. The molecule has 3 nitrogen and oxygen atoms in total. The minimum Gasteiger partial charge on any atom is -0.340 e. The van der Waals surface area contributed by atoms with Crippen LogP contribution >= 0.6 is 22.9 Å². The molecule has 3 rings (SSSR count). The average Bonchev–Trinajstić information content (AvgIpc) is 3.17. The number of halogens is 1. The van der Waals surface area contributed by atoms with Gasteiger partial charge in [-0.05, 0) is 37.5 Å². The molecule has 0 radical (unpaired) electrons. The van der Waals surface area contributed by atoms with E-state index in [0.717, 1.165) is 28.3 Å². The van der Waals surface area contributed by atoms with Crippen molar-refractivity contribution in [1.82, 2.24) is 9.88 Å². The first-order chi connectivity index (χ1) is 10.0. The van der Waals surface area contributed by atoms with E-state index in [1.54, 1.807) is 16.2 Å². The first kappa shape index (κ1) is 14.5. The molecule has 0 atom stereocenters. The Hall–Kier alpha value is -1.39. The van der Waals surface area contributed by atoms with E-state index in [1.807, 2.05) is 44.4 Å². The van der Waals surface area contributed by atoms with Crippen LogP contribution in [-0.2, 0) is 16.8 Å². The third-order valence-electron chi connectivity index (χ3n) is 3.95. The summed E-state index contributed by atoms with van der Waals surface area (Å²) in [5, 5.41) is 1.72. The zero-order chi connectivity index (χ0) is 15.0. The van der Waals surface area contributed by atoms with Crippen LogP contribution in [0.5, 0.6) is 0 Å². The van der Waals surface area contributed by atoms with Gasteiger partial charge < -0.3 is 4.90 Å². The highest BCUT2D eigenvalue weighted by Crippen LogP contribution is 2.50. The number of hydrogen-bond donors (Lipinski definition) is 0. The minimum absolute atomic E-state index is 0.177. The van der Waals surface area contributed by atoms with Crippen molar-refractivity contribution in [2.45, 2.75) is 31.7 Å². The summed E-state index contributed by atoms with van der Waals surface area (Å²) in [6, 6.07) is 7.67. The number of hydrogen-bond acceptors (Lipinski definition) is 3. The van der Waals surface area contributed by atoms with E-state index in [0.29, 0.717) is 11.6 Å². The molecular formula is C16H17ClN2OS. The maximum absolute atomic E-state index is 12.8. The van der Waals surface area contributed by atoms with E-state index < -0.39 is 0 Å². The topological polar surface area (TPSA) is 33.2 Å². The zero-order valence-corrected chi connectivity index (χ0v) is 13.7. The maximum atomic E-state index is 12.8. The maximum Gasteiger partial charge on any atom is 0.233 e. The number of aryl methyl sites for hydroxylation is 1. The molecule has 1 amide bonds. The number of aromatic nitrogens is 1. The summed E-state index contributed by atoms with van der Waals surface area (Å²) in [6.07, 6.45) is 3.65. The highest BCUT2D eigenvalue weighted by molar-refractivity contribution is 7.11. The van der Waals surface area contributed by atoms with Gasteiger partial charge in [0.15, 0.2) is 0 Å². The summed E-state index contributed by atoms with van der Waals surface area (Å²) in [5.41, 5.74) is 0.673. The quantitative estimate of drug-likeness (QED) is 0.858. The van der Waals surface area contributed by atoms with Crippen LogP contribution in [0.3, 0.4) is 0 Å². The molecule has 5 heteroatoms. The van der Waals surface area contributed by atoms with Crippen LogP contribution in [-0.4, -0.2) is 22.8 Å². The van der Waals surface area contributed by atoms with Crippen molar-refractivity contribution in [2.24, 2.45) is 0 Å². The predicted molar refractivity (Wildman–Crippen MR) is 85.7 cm³/mol. The third-order valence-corrected chi connectivity index (χ3v) is 5.08. The molecule has 1 aromatic heterocycles. The third kappa shape index (κ3) is 2.83. The van der Waals surface area contributed by atoms with Gasteiger partial charge in [0, 0.05) is 23.1 Å². The van der Waals surface area contributed by atoms with Gasteiger partial charge in [0.05, 0.1) is 17.0 Å². The first-order valence-corrected chi connectivity index (χ1v) is 8.14. The van der Waals surface area contributed by atoms with E-state index >= 15 is 0 Å². The smallest absolute Gasteiger partial charge is 0.233 e. The second kappa shape index (κ2) is 5.43. The average molecular weight is 321 g/mol. The number of nitrogens with zero attached hydrogens (tertiary/aromatic N) is 2. The van der Waals surface area contributed by atoms with E-state index in [-0.39, 0.29) is 11.3 Å².